The molecule has 26 heavy (non-hydrogen) atoms. The number of nitrogens with zero attached hydrogens (tertiary/aromatic N) is 3. The maximum absolute atomic E-state index is 6.22. The van der Waals surface area contributed by atoms with Crippen molar-refractivity contribution in [3.8, 4) is 11.3 Å². The molecule has 132 valence electrons. The number of hydrogen-bond acceptors (Lipinski definition) is 4. The van der Waals surface area contributed by atoms with Crippen LogP contribution >= 0.6 is 11.6 Å². The van der Waals surface area contributed by atoms with Crippen molar-refractivity contribution in [3.05, 3.63) is 71.2 Å². The van der Waals surface area contributed by atoms with E-state index in [4.69, 9.17) is 17.3 Å². The fourth-order valence-electron chi connectivity index (χ4n) is 3.42. The minimum absolute atomic E-state index is 0.537. The standard InChI is InChI=1S/C21H21ClN4/c1-25-10-11-26(18-5-2-4-17(22)13-18)20-9-8-15(12-16(20)14-25)19-6-3-7-21(23)24-19/h2-9,12-13H,10-11,14H2,1H3,(H2,23,24). The molecule has 5 heteroatoms. The molecule has 0 fully saturated rings. The Bertz CT molecular complexity index is 941. The first-order valence-electron chi connectivity index (χ1n) is 8.67. The van der Waals surface area contributed by atoms with Crippen LogP contribution in [0.15, 0.2) is 60.7 Å². The Morgan fingerprint density at radius 3 is 2.65 bits per heavy atom. The van der Waals surface area contributed by atoms with Gasteiger partial charge in [0.1, 0.15) is 5.82 Å². The van der Waals surface area contributed by atoms with Gasteiger partial charge in [-0.3, -0.25) is 0 Å². The average molecular weight is 365 g/mol. The zero-order valence-electron chi connectivity index (χ0n) is 14.7. The van der Waals surface area contributed by atoms with Crippen LogP contribution in [0.4, 0.5) is 17.2 Å². The molecule has 0 unspecified atom stereocenters. The van der Waals surface area contributed by atoms with Crippen LogP contribution in [0.25, 0.3) is 11.3 Å². The van der Waals surface area contributed by atoms with Crippen LogP contribution in [0, 0.1) is 0 Å². The fourth-order valence-corrected chi connectivity index (χ4v) is 3.60. The predicted molar refractivity (Wildman–Crippen MR) is 109 cm³/mol. The van der Waals surface area contributed by atoms with Crippen molar-refractivity contribution in [2.45, 2.75) is 6.54 Å². The Morgan fingerprint density at radius 1 is 1.00 bits per heavy atom. The highest BCUT2D eigenvalue weighted by Gasteiger charge is 2.20. The number of anilines is 3. The van der Waals surface area contributed by atoms with Crippen LogP contribution in [0.3, 0.4) is 0 Å². The van der Waals surface area contributed by atoms with Gasteiger partial charge in [0.15, 0.2) is 0 Å². The highest BCUT2D eigenvalue weighted by Crippen LogP contribution is 2.35. The van der Waals surface area contributed by atoms with E-state index in [1.807, 2.05) is 36.4 Å². The first-order valence-corrected chi connectivity index (χ1v) is 9.05. The molecule has 4 nitrogen and oxygen atoms in total. The van der Waals surface area contributed by atoms with E-state index in [-0.39, 0.29) is 0 Å². The maximum Gasteiger partial charge on any atom is 0.124 e. The number of likely N-dealkylation sites (N-methyl/N-ethyl adjacent to an activating group) is 1. The molecule has 1 aromatic heterocycles. The number of fused-ring (bicyclic) bond motifs is 1. The Kier molecular flexibility index (Phi) is 4.53. The lowest BCUT2D eigenvalue weighted by Gasteiger charge is -2.25. The molecule has 2 aromatic carbocycles. The van der Waals surface area contributed by atoms with Gasteiger partial charge in [0, 0.05) is 41.6 Å². The summed E-state index contributed by atoms with van der Waals surface area (Å²) in [7, 11) is 2.15. The summed E-state index contributed by atoms with van der Waals surface area (Å²) in [6.45, 7) is 2.79. The van der Waals surface area contributed by atoms with Crippen molar-refractivity contribution in [2.24, 2.45) is 0 Å². The van der Waals surface area contributed by atoms with Gasteiger partial charge < -0.3 is 15.5 Å². The summed E-state index contributed by atoms with van der Waals surface area (Å²) >= 11 is 6.22. The molecule has 2 heterocycles. The Hall–Kier alpha value is -2.56. The second-order valence-corrected chi connectivity index (χ2v) is 7.10. The third-order valence-corrected chi connectivity index (χ3v) is 4.94. The third-order valence-electron chi connectivity index (χ3n) is 4.70. The minimum atomic E-state index is 0.537. The van der Waals surface area contributed by atoms with Crippen molar-refractivity contribution < 1.29 is 0 Å². The number of hydrogen-bond donors (Lipinski definition) is 1. The molecule has 0 aliphatic carbocycles. The van der Waals surface area contributed by atoms with E-state index in [1.54, 1.807) is 0 Å². The van der Waals surface area contributed by atoms with Gasteiger partial charge in [-0.25, -0.2) is 4.98 Å². The van der Waals surface area contributed by atoms with Crippen LogP contribution in [-0.4, -0.2) is 30.0 Å². The van der Waals surface area contributed by atoms with Gasteiger partial charge in [0.25, 0.3) is 0 Å². The lowest BCUT2D eigenvalue weighted by molar-refractivity contribution is 0.343. The lowest BCUT2D eigenvalue weighted by Crippen LogP contribution is -2.26. The highest BCUT2D eigenvalue weighted by molar-refractivity contribution is 6.30. The van der Waals surface area contributed by atoms with Crippen molar-refractivity contribution in [1.29, 1.82) is 0 Å². The zero-order valence-corrected chi connectivity index (χ0v) is 15.4. The molecule has 0 amide bonds. The molecule has 1 aliphatic heterocycles. The van der Waals surface area contributed by atoms with Crippen LogP contribution in [0.2, 0.25) is 5.02 Å². The van der Waals surface area contributed by atoms with E-state index in [2.05, 4.69) is 46.1 Å². The molecule has 0 atom stereocenters. The van der Waals surface area contributed by atoms with Crippen molar-refractivity contribution in [3.63, 3.8) is 0 Å². The van der Waals surface area contributed by atoms with E-state index in [0.29, 0.717) is 5.82 Å². The predicted octanol–water partition coefficient (Wildman–Crippen LogP) is 4.57. The lowest BCUT2D eigenvalue weighted by atomic mass is 10.0. The summed E-state index contributed by atoms with van der Waals surface area (Å²) in [5.74, 6) is 0.537. The number of nitrogen functional groups attached to an aromatic ring is 1. The largest absolute Gasteiger partial charge is 0.384 e. The average Bonchev–Trinajstić information content (AvgIpc) is 2.79. The Labute approximate surface area is 158 Å². The first-order chi connectivity index (χ1) is 12.6. The molecule has 3 aromatic rings. The summed E-state index contributed by atoms with van der Waals surface area (Å²) < 4.78 is 0. The molecule has 0 spiro atoms. The smallest absolute Gasteiger partial charge is 0.124 e. The molecule has 0 saturated carbocycles. The first kappa shape index (κ1) is 16.9. The van der Waals surface area contributed by atoms with Crippen LogP contribution in [0.5, 0.6) is 0 Å². The Morgan fingerprint density at radius 2 is 1.85 bits per heavy atom. The summed E-state index contributed by atoms with van der Waals surface area (Å²) in [6.07, 6.45) is 0. The van der Waals surface area contributed by atoms with E-state index in [1.165, 1.54) is 11.3 Å². The quantitative estimate of drug-likeness (QED) is 0.723. The molecule has 0 radical (unpaired) electrons. The van der Waals surface area contributed by atoms with Crippen LogP contribution < -0.4 is 10.6 Å². The Balaban J connectivity index is 1.79. The minimum Gasteiger partial charge on any atom is -0.384 e. The normalized spacial score (nSPS) is 14.8. The second-order valence-electron chi connectivity index (χ2n) is 6.66. The monoisotopic (exact) mass is 364 g/mol. The SMILES string of the molecule is CN1CCN(c2cccc(Cl)c2)c2ccc(-c3cccc(N)n3)cc2C1. The number of benzene rings is 2. The van der Waals surface area contributed by atoms with E-state index in [0.717, 1.165) is 41.6 Å². The summed E-state index contributed by atoms with van der Waals surface area (Å²) in [6, 6.07) is 20.3. The van der Waals surface area contributed by atoms with Crippen LogP contribution in [0.1, 0.15) is 5.56 Å². The fraction of sp³-hybridized carbons (Fsp3) is 0.190. The van der Waals surface area contributed by atoms with E-state index in [9.17, 15) is 0 Å². The summed E-state index contributed by atoms with van der Waals surface area (Å²) in [5.41, 5.74) is 11.4. The highest BCUT2D eigenvalue weighted by atomic mass is 35.5. The van der Waals surface area contributed by atoms with Crippen molar-refractivity contribution >= 4 is 28.8 Å². The maximum atomic E-state index is 6.22. The number of pyridine rings is 1. The number of halogens is 1. The van der Waals surface area contributed by atoms with Gasteiger partial charge in [-0.15, -0.1) is 0 Å². The van der Waals surface area contributed by atoms with Gasteiger partial charge in [-0.1, -0.05) is 29.8 Å². The van der Waals surface area contributed by atoms with Crippen molar-refractivity contribution in [2.75, 3.05) is 30.8 Å². The zero-order chi connectivity index (χ0) is 18.1. The molecule has 4 rings (SSSR count). The van der Waals surface area contributed by atoms with E-state index < -0.39 is 0 Å². The molecule has 0 bridgehead atoms. The van der Waals surface area contributed by atoms with Gasteiger partial charge in [0.05, 0.1) is 5.69 Å². The summed E-state index contributed by atoms with van der Waals surface area (Å²) in [4.78, 5) is 9.12. The van der Waals surface area contributed by atoms with Gasteiger partial charge >= 0.3 is 0 Å². The van der Waals surface area contributed by atoms with Crippen molar-refractivity contribution in [1.82, 2.24) is 9.88 Å². The molecule has 0 saturated heterocycles. The van der Waals surface area contributed by atoms with Gasteiger partial charge in [-0.05, 0) is 55.1 Å². The second kappa shape index (κ2) is 6.98. The van der Waals surface area contributed by atoms with E-state index >= 15 is 0 Å². The molecule has 1 aliphatic rings. The van der Waals surface area contributed by atoms with Gasteiger partial charge in [-0.2, -0.15) is 0 Å². The number of aromatic nitrogens is 1. The van der Waals surface area contributed by atoms with Crippen LogP contribution in [-0.2, 0) is 6.54 Å². The number of nitrogens with two attached hydrogens (primary N) is 1. The topological polar surface area (TPSA) is 45.4 Å². The number of rotatable bonds is 2. The molecular formula is C21H21ClN4. The van der Waals surface area contributed by atoms with Gasteiger partial charge in [0.2, 0.25) is 0 Å². The third kappa shape index (κ3) is 3.39. The molecular weight excluding hydrogens is 344 g/mol. The summed E-state index contributed by atoms with van der Waals surface area (Å²) in [5, 5.41) is 0.752. The molecule has 2 N–H and O–H groups in total.